The van der Waals surface area contributed by atoms with Crippen LogP contribution in [0.3, 0.4) is 0 Å². The minimum Gasteiger partial charge on any atom is -0.486 e. The molecular weight excluding hydrogens is 769 g/mol. The maximum absolute atomic E-state index is 13.7. The third-order valence-corrected chi connectivity index (χ3v) is 13.6. The lowest BCUT2D eigenvalue weighted by Crippen LogP contribution is -2.57. The molecule has 312 valence electrons. The fraction of sp³-hybridized carbons (Fsp3) is 0.413. The molecule has 0 unspecified atom stereocenters. The van der Waals surface area contributed by atoms with Crippen molar-refractivity contribution in [3.8, 4) is 5.75 Å². The number of hydrogen-bond acceptors (Lipinski definition) is 10. The fourth-order valence-electron chi connectivity index (χ4n) is 9.00. The van der Waals surface area contributed by atoms with Gasteiger partial charge in [0, 0.05) is 18.3 Å². The Hall–Kier alpha value is -5.24. The molecule has 0 spiro atoms. The number of nitrogens with zero attached hydrogens (tertiary/aromatic N) is 1. The summed E-state index contributed by atoms with van der Waals surface area (Å²) in [5, 5.41) is 9.57. The largest absolute Gasteiger partial charge is 0.486 e. The number of benzene rings is 3. The van der Waals surface area contributed by atoms with Crippen LogP contribution in [0.1, 0.15) is 127 Å². The number of carbonyl (C=O) groups excluding carboxylic acids is 3. The standard InChI is InChI=1S/C46H54N4O8S/c1-28(2)32-15-19-36-33(23-32)16-20-38-45(5,21-10-22-46(36,38)6)27-48-49-39(29(3)4)42(52)41(51)31-13-17-35(18-14-31)59(56,57)50-43(53)34-24-37(40(44(54)55)47-25-34)58-26-30-11-8-7-9-12-30/h7-9,11-15,17-19,23-25,28-29,38-39,48-49H,10,16,20-22,26-27H2,1-6H3,(H,50,53)(H,54,55)/t38-,39-,45+,46+/m0/s1. The number of carboxylic acids is 1. The number of amides is 1. The summed E-state index contributed by atoms with van der Waals surface area (Å²) in [5.41, 5.74) is 10.9. The number of ether oxygens (including phenoxy) is 1. The van der Waals surface area contributed by atoms with Crippen LogP contribution < -0.4 is 20.3 Å². The lowest BCUT2D eigenvalue weighted by molar-refractivity contribution is -0.118. The number of hydrogen-bond donors (Lipinski definition) is 4. The molecular formula is C46H54N4O8S. The summed E-state index contributed by atoms with van der Waals surface area (Å²) in [4.78, 5) is 55.5. The maximum Gasteiger partial charge on any atom is 0.358 e. The molecule has 1 saturated carbocycles. The monoisotopic (exact) mass is 822 g/mol. The van der Waals surface area contributed by atoms with Crippen molar-refractivity contribution < 1.29 is 37.4 Å². The molecule has 1 heterocycles. The number of Topliss-reactive ketones (excluding diaryl/α,β-unsaturated/α-hetero) is 2. The van der Waals surface area contributed by atoms with Gasteiger partial charge in [0.05, 0.1) is 16.5 Å². The molecule has 2 aliphatic carbocycles. The highest BCUT2D eigenvalue weighted by Gasteiger charge is 2.51. The molecule has 0 aliphatic heterocycles. The zero-order chi connectivity index (χ0) is 42.7. The van der Waals surface area contributed by atoms with Crippen molar-refractivity contribution in [3.05, 3.63) is 124 Å². The Morgan fingerprint density at radius 2 is 1.63 bits per heavy atom. The van der Waals surface area contributed by atoms with Crippen LogP contribution >= 0.6 is 0 Å². The van der Waals surface area contributed by atoms with E-state index in [1.165, 1.54) is 28.8 Å². The number of sulfonamides is 1. The van der Waals surface area contributed by atoms with Crippen LogP contribution in [0.5, 0.6) is 5.75 Å². The van der Waals surface area contributed by atoms with Gasteiger partial charge in [0.25, 0.3) is 15.9 Å². The summed E-state index contributed by atoms with van der Waals surface area (Å²) in [6.45, 7) is 13.5. The van der Waals surface area contributed by atoms with Crippen molar-refractivity contribution in [3.63, 3.8) is 0 Å². The van der Waals surface area contributed by atoms with E-state index >= 15 is 0 Å². The third-order valence-electron chi connectivity index (χ3n) is 12.3. The number of aryl methyl sites for hydroxylation is 1. The second-order valence-corrected chi connectivity index (χ2v) is 18.8. The van der Waals surface area contributed by atoms with Crippen molar-refractivity contribution in [2.24, 2.45) is 17.3 Å². The van der Waals surface area contributed by atoms with Crippen LogP contribution in [0.4, 0.5) is 0 Å². The molecule has 4 atom stereocenters. The Morgan fingerprint density at radius 3 is 2.29 bits per heavy atom. The Bertz CT molecular complexity index is 2330. The van der Waals surface area contributed by atoms with Gasteiger partial charge in [-0.05, 0) is 107 Å². The van der Waals surface area contributed by atoms with Gasteiger partial charge >= 0.3 is 5.97 Å². The summed E-state index contributed by atoms with van der Waals surface area (Å²) >= 11 is 0. The topological polar surface area (TPSA) is 181 Å². The smallest absolute Gasteiger partial charge is 0.358 e. The van der Waals surface area contributed by atoms with Gasteiger partial charge in [-0.1, -0.05) is 96.5 Å². The SMILES string of the molecule is CC(C)c1ccc2c(c1)CC[C@H]1[C@@](C)(CNN[C@H](C(=O)C(=O)c3ccc(S(=O)(=O)NC(=O)c4cnc(C(=O)O)c(OCc5ccccc5)c4)cc3)C(C)C)CCC[C@]21C. The minimum absolute atomic E-state index is 0.00195. The van der Waals surface area contributed by atoms with Gasteiger partial charge in [0.1, 0.15) is 6.61 Å². The molecule has 2 aliphatic rings. The molecule has 1 amide bonds. The van der Waals surface area contributed by atoms with Crippen LogP contribution in [0.25, 0.3) is 0 Å². The molecule has 13 heteroatoms. The summed E-state index contributed by atoms with van der Waals surface area (Å²) in [5.74, 6) is -3.44. The summed E-state index contributed by atoms with van der Waals surface area (Å²) < 4.78 is 34.0. The Morgan fingerprint density at radius 1 is 0.915 bits per heavy atom. The van der Waals surface area contributed by atoms with E-state index in [1.807, 2.05) is 24.6 Å². The molecule has 0 radical (unpaired) electrons. The number of aromatic nitrogens is 1. The average molecular weight is 823 g/mol. The number of hydrazine groups is 1. The molecule has 4 N–H and O–H groups in total. The molecule has 1 aromatic heterocycles. The first-order valence-corrected chi connectivity index (χ1v) is 21.7. The third kappa shape index (κ3) is 9.32. The predicted molar refractivity (Wildman–Crippen MR) is 224 cm³/mol. The number of nitrogens with one attached hydrogen (secondary N) is 3. The van der Waals surface area contributed by atoms with Crippen LogP contribution in [-0.2, 0) is 33.3 Å². The molecule has 0 saturated heterocycles. The fourth-order valence-corrected chi connectivity index (χ4v) is 9.97. The van der Waals surface area contributed by atoms with Gasteiger partial charge in [-0.15, -0.1) is 0 Å². The molecule has 59 heavy (non-hydrogen) atoms. The van der Waals surface area contributed by atoms with Crippen LogP contribution in [0, 0.1) is 17.3 Å². The van der Waals surface area contributed by atoms with E-state index < -0.39 is 45.2 Å². The highest BCUT2D eigenvalue weighted by atomic mass is 32.2. The van der Waals surface area contributed by atoms with E-state index in [-0.39, 0.29) is 45.1 Å². The number of pyridine rings is 1. The van der Waals surface area contributed by atoms with Crippen LogP contribution in [0.2, 0.25) is 0 Å². The number of ketones is 2. The number of rotatable bonds is 16. The van der Waals surface area contributed by atoms with E-state index in [1.54, 1.807) is 24.3 Å². The van der Waals surface area contributed by atoms with Gasteiger partial charge in [-0.2, -0.15) is 0 Å². The quantitative estimate of drug-likeness (QED) is 0.0511. The van der Waals surface area contributed by atoms with Crippen LogP contribution in [-0.4, -0.2) is 54.5 Å². The first-order valence-electron chi connectivity index (χ1n) is 20.2. The second-order valence-electron chi connectivity index (χ2n) is 17.1. The van der Waals surface area contributed by atoms with E-state index in [0.717, 1.165) is 62.1 Å². The van der Waals surface area contributed by atoms with E-state index in [0.29, 0.717) is 18.4 Å². The van der Waals surface area contributed by atoms with Crippen molar-refractivity contribution in [2.45, 2.75) is 103 Å². The highest BCUT2D eigenvalue weighted by Crippen LogP contribution is 2.57. The lowest BCUT2D eigenvalue weighted by atomic mass is 9.50. The first-order chi connectivity index (χ1) is 27.9. The number of fused-ring (bicyclic) bond motifs is 3. The van der Waals surface area contributed by atoms with Gasteiger partial charge < -0.3 is 9.84 Å². The molecule has 1 fully saturated rings. The van der Waals surface area contributed by atoms with Gasteiger partial charge in [0.15, 0.2) is 11.4 Å². The molecule has 3 aromatic carbocycles. The number of aromatic carboxylic acids is 1. The number of carboxylic acid groups (broad SMARTS) is 1. The van der Waals surface area contributed by atoms with Crippen molar-refractivity contribution in [1.82, 2.24) is 20.6 Å². The number of carbonyl (C=O) groups is 4. The lowest BCUT2D eigenvalue weighted by Gasteiger charge is -2.55. The zero-order valence-corrected chi connectivity index (χ0v) is 35.3. The second kappa shape index (κ2) is 17.5. The molecule has 12 nitrogen and oxygen atoms in total. The molecule has 0 bridgehead atoms. The maximum atomic E-state index is 13.7. The summed E-state index contributed by atoms with van der Waals surface area (Å²) in [6.07, 6.45) is 6.35. The first kappa shape index (κ1) is 43.3. The van der Waals surface area contributed by atoms with E-state index in [2.05, 4.69) is 61.7 Å². The zero-order valence-electron chi connectivity index (χ0n) is 34.5. The molecule has 6 rings (SSSR count). The summed E-state index contributed by atoms with van der Waals surface area (Å²) in [7, 11) is -4.46. The van der Waals surface area contributed by atoms with E-state index in [4.69, 9.17) is 4.74 Å². The van der Waals surface area contributed by atoms with Gasteiger partial charge in [-0.25, -0.2) is 28.3 Å². The minimum atomic E-state index is -4.46. The average Bonchev–Trinajstić information content (AvgIpc) is 3.20. The Balaban J connectivity index is 1.08. The normalized spacial score (nSPS) is 20.6. The van der Waals surface area contributed by atoms with Gasteiger partial charge in [0.2, 0.25) is 11.6 Å². The van der Waals surface area contributed by atoms with E-state index in [9.17, 15) is 32.7 Å². The van der Waals surface area contributed by atoms with Crippen molar-refractivity contribution >= 4 is 33.5 Å². The molecule has 4 aromatic rings. The van der Waals surface area contributed by atoms with Crippen molar-refractivity contribution in [2.75, 3.05) is 6.54 Å². The Labute approximate surface area is 346 Å². The van der Waals surface area contributed by atoms with Gasteiger partial charge in [-0.3, -0.25) is 19.8 Å². The highest BCUT2D eigenvalue weighted by molar-refractivity contribution is 7.90. The van der Waals surface area contributed by atoms with Crippen molar-refractivity contribution in [1.29, 1.82) is 0 Å². The predicted octanol–water partition coefficient (Wildman–Crippen LogP) is 7.18. The van der Waals surface area contributed by atoms with Crippen LogP contribution in [0.15, 0.2) is 90.0 Å². The summed E-state index contributed by atoms with van der Waals surface area (Å²) in [6, 6.07) is 21.0. The Kier molecular flexibility index (Phi) is 12.9.